The van der Waals surface area contributed by atoms with E-state index in [0.717, 1.165) is 12.0 Å². The van der Waals surface area contributed by atoms with Crippen LogP contribution in [0.2, 0.25) is 0 Å². The molecule has 31 heavy (non-hydrogen) atoms. The maximum Gasteiger partial charge on any atom is 0.343 e. The Hall–Kier alpha value is -3.60. The Morgan fingerprint density at radius 1 is 0.774 bits per heavy atom. The number of hydrogen-bond donors (Lipinski definition) is 0. The molecule has 0 N–H and O–H groups in total. The molecule has 1 unspecified atom stereocenters. The van der Waals surface area contributed by atoms with Crippen LogP contribution in [-0.4, -0.2) is 18.5 Å². The van der Waals surface area contributed by atoms with Gasteiger partial charge in [0.1, 0.15) is 18.1 Å². The van der Waals surface area contributed by atoms with Gasteiger partial charge in [0.05, 0.1) is 17.7 Å². The van der Waals surface area contributed by atoms with Crippen LogP contribution in [0.5, 0.6) is 11.5 Å². The fourth-order valence-corrected chi connectivity index (χ4v) is 2.67. The first kappa shape index (κ1) is 22.1. The predicted octanol–water partition coefficient (Wildman–Crippen LogP) is 5.69. The molecule has 0 aliphatic carbocycles. The van der Waals surface area contributed by atoms with Crippen molar-refractivity contribution in [2.24, 2.45) is 5.92 Å². The normalized spacial score (nSPS) is 11.4. The molecule has 1 atom stereocenters. The van der Waals surface area contributed by atoms with Crippen LogP contribution in [0.15, 0.2) is 78.9 Å². The molecule has 3 rings (SSSR count). The second-order valence-corrected chi connectivity index (χ2v) is 7.32. The van der Waals surface area contributed by atoms with Gasteiger partial charge in [-0.1, -0.05) is 50.6 Å². The van der Waals surface area contributed by atoms with Crippen LogP contribution in [0.25, 0.3) is 0 Å². The second-order valence-electron chi connectivity index (χ2n) is 7.32. The van der Waals surface area contributed by atoms with E-state index in [4.69, 9.17) is 14.2 Å². The summed E-state index contributed by atoms with van der Waals surface area (Å²) in [6.45, 7) is 4.92. The summed E-state index contributed by atoms with van der Waals surface area (Å²) in [5.41, 5.74) is 1.89. The van der Waals surface area contributed by atoms with E-state index in [0.29, 0.717) is 41.8 Å². The molecule has 5 nitrogen and oxygen atoms in total. The summed E-state index contributed by atoms with van der Waals surface area (Å²) in [6, 6.07) is 23.0. The summed E-state index contributed by atoms with van der Waals surface area (Å²) < 4.78 is 16.4. The van der Waals surface area contributed by atoms with Gasteiger partial charge in [-0.25, -0.2) is 9.59 Å². The average molecular weight is 418 g/mol. The summed E-state index contributed by atoms with van der Waals surface area (Å²) in [4.78, 5) is 24.4. The molecular weight excluding hydrogens is 392 g/mol. The summed E-state index contributed by atoms with van der Waals surface area (Å²) in [6.07, 6.45) is 0.947. The van der Waals surface area contributed by atoms with Crippen molar-refractivity contribution < 1.29 is 23.8 Å². The third-order valence-electron chi connectivity index (χ3n) is 4.83. The molecule has 160 valence electrons. The van der Waals surface area contributed by atoms with E-state index in [-0.39, 0.29) is 5.97 Å². The first-order valence-corrected chi connectivity index (χ1v) is 10.3. The second kappa shape index (κ2) is 11.0. The quantitative estimate of drug-likeness (QED) is 0.330. The van der Waals surface area contributed by atoms with Crippen molar-refractivity contribution in [2.75, 3.05) is 6.61 Å². The molecule has 0 aromatic heterocycles. The molecule has 0 aliphatic rings. The van der Waals surface area contributed by atoms with E-state index >= 15 is 0 Å². The fourth-order valence-electron chi connectivity index (χ4n) is 2.67. The van der Waals surface area contributed by atoms with Crippen LogP contribution in [0.1, 0.15) is 46.5 Å². The van der Waals surface area contributed by atoms with E-state index < -0.39 is 5.97 Å². The zero-order chi connectivity index (χ0) is 22.1. The summed E-state index contributed by atoms with van der Waals surface area (Å²) in [5.74, 6) is 0.471. The van der Waals surface area contributed by atoms with Gasteiger partial charge in [-0.15, -0.1) is 0 Å². The molecule has 0 radical (unpaired) electrons. The highest BCUT2D eigenvalue weighted by Gasteiger charge is 2.12. The van der Waals surface area contributed by atoms with Crippen LogP contribution in [0.3, 0.4) is 0 Å². The standard InChI is InChI=1S/C26H26O5/c1-3-19(2)17-30-25(27)21-11-15-24(16-12-21)31-26(28)22-9-13-23(14-10-22)29-18-20-7-5-4-6-8-20/h4-16,19H,3,17-18H2,1-2H3. The number of esters is 2. The van der Waals surface area contributed by atoms with Crippen molar-refractivity contribution in [3.63, 3.8) is 0 Å². The first-order chi connectivity index (χ1) is 15.0. The topological polar surface area (TPSA) is 61.8 Å². The fraction of sp³-hybridized carbons (Fsp3) is 0.231. The summed E-state index contributed by atoms with van der Waals surface area (Å²) in [5, 5.41) is 0. The van der Waals surface area contributed by atoms with Gasteiger partial charge < -0.3 is 14.2 Å². The van der Waals surface area contributed by atoms with Gasteiger partial charge in [0, 0.05) is 0 Å². The molecule has 0 saturated carbocycles. The minimum absolute atomic E-state index is 0.319. The summed E-state index contributed by atoms with van der Waals surface area (Å²) in [7, 11) is 0. The van der Waals surface area contributed by atoms with Crippen LogP contribution in [0.4, 0.5) is 0 Å². The zero-order valence-electron chi connectivity index (χ0n) is 17.7. The Bertz CT molecular complexity index is 979. The molecule has 0 spiro atoms. The Kier molecular flexibility index (Phi) is 7.82. The lowest BCUT2D eigenvalue weighted by Crippen LogP contribution is -2.12. The number of rotatable bonds is 9. The van der Waals surface area contributed by atoms with Gasteiger partial charge in [-0.2, -0.15) is 0 Å². The maximum absolute atomic E-state index is 12.4. The third-order valence-corrected chi connectivity index (χ3v) is 4.83. The molecule has 0 fully saturated rings. The van der Waals surface area contributed by atoms with E-state index in [1.807, 2.05) is 44.2 Å². The Morgan fingerprint density at radius 3 is 1.97 bits per heavy atom. The first-order valence-electron chi connectivity index (χ1n) is 10.3. The summed E-state index contributed by atoms with van der Waals surface area (Å²) >= 11 is 0. The monoisotopic (exact) mass is 418 g/mol. The zero-order valence-corrected chi connectivity index (χ0v) is 17.7. The number of hydrogen-bond acceptors (Lipinski definition) is 5. The van der Waals surface area contributed by atoms with Gasteiger partial charge >= 0.3 is 11.9 Å². The molecule has 0 aliphatic heterocycles. The average Bonchev–Trinajstić information content (AvgIpc) is 2.82. The molecular formula is C26H26O5. The molecule has 0 bridgehead atoms. The lowest BCUT2D eigenvalue weighted by Gasteiger charge is -2.10. The minimum Gasteiger partial charge on any atom is -0.489 e. The Morgan fingerprint density at radius 2 is 1.35 bits per heavy atom. The smallest absolute Gasteiger partial charge is 0.343 e. The van der Waals surface area contributed by atoms with Crippen molar-refractivity contribution >= 4 is 11.9 Å². The molecule has 3 aromatic rings. The van der Waals surface area contributed by atoms with Gasteiger partial charge in [-0.05, 0) is 60.0 Å². The van der Waals surface area contributed by atoms with E-state index in [1.165, 1.54) is 0 Å². The molecule has 0 amide bonds. The van der Waals surface area contributed by atoms with Crippen molar-refractivity contribution in [1.82, 2.24) is 0 Å². The Balaban J connectivity index is 1.52. The lowest BCUT2D eigenvalue weighted by atomic mass is 10.1. The van der Waals surface area contributed by atoms with Crippen LogP contribution >= 0.6 is 0 Å². The molecule has 0 heterocycles. The largest absolute Gasteiger partial charge is 0.489 e. The number of benzene rings is 3. The van der Waals surface area contributed by atoms with Crippen molar-refractivity contribution in [1.29, 1.82) is 0 Å². The van der Waals surface area contributed by atoms with Gasteiger partial charge in [-0.3, -0.25) is 0 Å². The van der Waals surface area contributed by atoms with E-state index in [9.17, 15) is 9.59 Å². The van der Waals surface area contributed by atoms with Crippen LogP contribution < -0.4 is 9.47 Å². The van der Waals surface area contributed by atoms with Gasteiger partial charge in [0.15, 0.2) is 0 Å². The van der Waals surface area contributed by atoms with E-state index in [2.05, 4.69) is 0 Å². The maximum atomic E-state index is 12.4. The number of carbonyl (C=O) groups is 2. The molecule has 3 aromatic carbocycles. The SMILES string of the molecule is CCC(C)COC(=O)c1ccc(OC(=O)c2ccc(OCc3ccccc3)cc2)cc1. The molecule has 5 heteroatoms. The lowest BCUT2D eigenvalue weighted by molar-refractivity contribution is 0.0447. The van der Waals surface area contributed by atoms with Crippen molar-refractivity contribution in [3.8, 4) is 11.5 Å². The predicted molar refractivity (Wildman–Crippen MR) is 118 cm³/mol. The van der Waals surface area contributed by atoms with Gasteiger partial charge in [0.25, 0.3) is 0 Å². The minimum atomic E-state index is -0.485. The van der Waals surface area contributed by atoms with Crippen molar-refractivity contribution in [3.05, 3.63) is 95.6 Å². The highest BCUT2D eigenvalue weighted by atomic mass is 16.5. The highest BCUT2D eigenvalue weighted by Crippen LogP contribution is 2.18. The van der Waals surface area contributed by atoms with Crippen molar-refractivity contribution in [2.45, 2.75) is 26.9 Å². The van der Waals surface area contributed by atoms with E-state index in [1.54, 1.807) is 48.5 Å². The van der Waals surface area contributed by atoms with Gasteiger partial charge in [0.2, 0.25) is 0 Å². The number of ether oxygens (including phenoxy) is 3. The third kappa shape index (κ3) is 6.71. The van der Waals surface area contributed by atoms with Crippen LogP contribution in [-0.2, 0) is 11.3 Å². The number of carbonyl (C=O) groups excluding carboxylic acids is 2. The highest BCUT2D eigenvalue weighted by molar-refractivity contribution is 5.92. The Labute approximate surface area is 182 Å². The molecule has 0 saturated heterocycles. The van der Waals surface area contributed by atoms with Crippen LogP contribution in [0, 0.1) is 5.92 Å².